The van der Waals surface area contributed by atoms with E-state index in [4.69, 9.17) is 4.84 Å². The number of nitrogens with zero attached hydrogens (tertiary/aromatic N) is 1. The fourth-order valence-corrected chi connectivity index (χ4v) is 0.888. The van der Waals surface area contributed by atoms with Crippen LogP contribution in [0.3, 0.4) is 0 Å². The van der Waals surface area contributed by atoms with Crippen molar-refractivity contribution in [3.05, 3.63) is 25.3 Å². The largest absolute Gasteiger partial charge is 0.272 e. The Kier molecular flexibility index (Phi) is 7.84. The predicted molar refractivity (Wildman–Crippen MR) is 57.6 cm³/mol. The molecule has 0 aliphatic heterocycles. The van der Waals surface area contributed by atoms with Crippen molar-refractivity contribution >= 4 is 5.91 Å². The van der Waals surface area contributed by atoms with Crippen molar-refractivity contribution in [2.24, 2.45) is 0 Å². The minimum absolute atomic E-state index is 0.0731. The van der Waals surface area contributed by atoms with Crippen LogP contribution in [0, 0.1) is 0 Å². The zero-order chi connectivity index (χ0) is 10.8. The molecule has 14 heavy (non-hydrogen) atoms. The quantitative estimate of drug-likeness (QED) is 0.339. The van der Waals surface area contributed by atoms with Crippen LogP contribution in [0.5, 0.6) is 0 Å². The summed E-state index contributed by atoms with van der Waals surface area (Å²) < 4.78 is 0. The number of hydrogen-bond donors (Lipinski definition) is 0. The van der Waals surface area contributed by atoms with E-state index in [1.54, 1.807) is 12.2 Å². The molecule has 3 nitrogen and oxygen atoms in total. The Labute approximate surface area is 86.0 Å². The van der Waals surface area contributed by atoms with Crippen LogP contribution in [-0.2, 0) is 9.63 Å². The Morgan fingerprint density at radius 2 is 2.14 bits per heavy atom. The Morgan fingerprint density at radius 3 is 2.64 bits per heavy atom. The summed E-state index contributed by atoms with van der Waals surface area (Å²) in [7, 11) is 0. The Bertz CT molecular complexity index is 190. The van der Waals surface area contributed by atoms with Crippen LogP contribution < -0.4 is 0 Å². The van der Waals surface area contributed by atoms with Gasteiger partial charge in [-0.1, -0.05) is 25.5 Å². The van der Waals surface area contributed by atoms with Crippen LogP contribution in [0.25, 0.3) is 0 Å². The van der Waals surface area contributed by atoms with Gasteiger partial charge in [-0.3, -0.25) is 9.63 Å². The van der Waals surface area contributed by atoms with E-state index >= 15 is 0 Å². The summed E-state index contributed by atoms with van der Waals surface area (Å²) in [6, 6.07) is 0. The summed E-state index contributed by atoms with van der Waals surface area (Å²) in [5.74, 6) is -0.0731. The molecule has 0 fully saturated rings. The number of hydrogen-bond acceptors (Lipinski definition) is 2. The molecule has 1 amide bonds. The average molecular weight is 197 g/mol. The number of hydroxylamine groups is 2. The van der Waals surface area contributed by atoms with Gasteiger partial charge in [-0.25, -0.2) is 5.06 Å². The van der Waals surface area contributed by atoms with Gasteiger partial charge in [-0.15, -0.1) is 13.2 Å². The molecule has 0 aromatic rings. The third kappa shape index (κ3) is 5.54. The van der Waals surface area contributed by atoms with Crippen LogP contribution in [0.15, 0.2) is 25.3 Å². The third-order valence-electron chi connectivity index (χ3n) is 1.64. The average Bonchev–Trinajstić information content (AvgIpc) is 2.17. The number of carbonyl (C=O) groups excluding carboxylic acids is 1. The SMILES string of the molecule is C=CCC(=O)N(CC=C)OCCCC. The second kappa shape index (κ2) is 8.51. The zero-order valence-corrected chi connectivity index (χ0v) is 8.87. The molecule has 0 spiro atoms. The molecule has 0 aliphatic carbocycles. The fraction of sp³-hybridized carbons (Fsp3) is 0.545. The van der Waals surface area contributed by atoms with Gasteiger partial charge in [0.1, 0.15) is 0 Å². The summed E-state index contributed by atoms with van der Waals surface area (Å²) in [6.07, 6.45) is 5.53. The number of amides is 1. The topological polar surface area (TPSA) is 29.5 Å². The summed E-state index contributed by atoms with van der Waals surface area (Å²) in [5.41, 5.74) is 0. The van der Waals surface area contributed by atoms with Gasteiger partial charge in [0.05, 0.1) is 13.2 Å². The Morgan fingerprint density at radius 1 is 1.43 bits per heavy atom. The minimum Gasteiger partial charge on any atom is -0.272 e. The normalized spacial score (nSPS) is 9.50. The van der Waals surface area contributed by atoms with Crippen molar-refractivity contribution in [1.29, 1.82) is 0 Å². The standard InChI is InChI=1S/C11H19NO2/c1-4-7-10-14-12(9-6-3)11(13)8-5-2/h5-6H,2-4,7-10H2,1H3. The number of unbranched alkanes of at least 4 members (excludes halogenated alkanes) is 1. The summed E-state index contributed by atoms with van der Waals surface area (Å²) in [6.45, 7) is 10.2. The van der Waals surface area contributed by atoms with Gasteiger partial charge < -0.3 is 0 Å². The molecule has 0 aromatic carbocycles. The van der Waals surface area contributed by atoms with Crippen molar-refractivity contribution in [1.82, 2.24) is 5.06 Å². The first-order valence-electron chi connectivity index (χ1n) is 4.91. The molecule has 0 aliphatic rings. The Balaban J connectivity index is 3.92. The van der Waals surface area contributed by atoms with E-state index in [0.29, 0.717) is 19.6 Å². The van der Waals surface area contributed by atoms with Gasteiger partial charge in [0.15, 0.2) is 0 Å². The van der Waals surface area contributed by atoms with E-state index in [0.717, 1.165) is 12.8 Å². The van der Waals surface area contributed by atoms with E-state index in [1.165, 1.54) is 5.06 Å². The van der Waals surface area contributed by atoms with Gasteiger partial charge in [0.2, 0.25) is 5.91 Å². The van der Waals surface area contributed by atoms with E-state index in [1.807, 2.05) is 0 Å². The molecule has 0 bridgehead atoms. The highest BCUT2D eigenvalue weighted by molar-refractivity contribution is 5.76. The second-order valence-corrected chi connectivity index (χ2v) is 2.92. The van der Waals surface area contributed by atoms with Crippen molar-refractivity contribution in [3.63, 3.8) is 0 Å². The van der Waals surface area contributed by atoms with Crippen molar-refractivity contribution in [2.75, 3.05) is 13.2 Å². The maximum atomic E-state index is 11.4. The van der Waals surface area contributed by atoms with E-state index in [-0.39, 0.29) is 5.91 Å². The van der Waals surface area contributed by atoms with Crippen LogP contribution in [0.2, 0.25) is 0 Å². The van der Waals surface area contributed by atoms with Crippen molar-refractivity contribution in [2.45, 2.75) is 26.2 Å². The molecule has 0 aromatic heterocycles. The molecule has 80 valence electrons. The molecule has 0 rings (SSSR count). The first-order chi connectivity index (χ1) is 6.76. The van der Waals surface area contributed by atoms with Gasteiger partial charge >= 0.3 is 0 Å². The molecule has 0 radical (unpaired) electrons. The molecule has 0 heterocycles. The highest BCUT2D eigenvalue weighted by Gasteiger charge is 2.10. The minimum atomic E-state index is -0.0731. The first kappa shape index (κ1) is 12.9. The predicted octanol–water partition coefficient (Wildman–Crippen LogP) is 2.31. The maximum Gasteiger partial charge on any atom is 0.250 e. The Hall–Kier alpha value is -1.09. The van der Waals surface area contributed by atoms with Crippen LogP contribution >= 0.6 is 0 Å². The first-order valence-corrected chi connectivity index (χ1v) is 4.91. The highest BCUT2D eigenvalue weighted by Crippen LogP contribution is 1.99. The van der Waals surface area contributed by atoms with Gasteiger partial charge in [-0.2, -0.15) is 0 Å². The molecule has 0 atom stereocenters. The van der Waals surface area contributed by atoms with Crippen molar-refractivity contribution in [3.8, 4) is 0 Å². The molecule has 0 unspecified atom stereocenters. The van der Waals surface area contributed by atoms with Gasteiger partial charge in [-0.05, 0) is 6.42 Å². The van der Waals surface area contributed by atoms with Crippen LogP contribution in [-0.4, -0.2) is 24.1 Å². The molecular formula is C11H19NO2. The monoisotopic (exact) mass is 197 g/mol. The molecular weight excluding hydrogens is 178 g/mol. The third-order valence-corrected chi connectivity index (χ3v) is 1.64. The molecule has 0 N–H and O–H groups in total. The summed E-state index contributed by atoms with van der Waals surface area (Å²) in [5, 5.41) is 1.34. The molecule has 3 heteroatoms. The van der Waals surface area contributed by atoms with Gasteiger partial charge in [0, 0.05) is 6.42 Å². The van der Waals surface area contributed by atoms with Crippen molar-refractivity contribution < 1.29 is 9.63 Å². The lowest BCUT2D eigenvalue weighted by Crippen LogP contribution is -2.31. The smallest absolute Gasteiger partial charge is 0.250 e. The highest BCUT2D eigenvalue weighted by atomic mass is 16.7. The summed E-state index contributed by atoms with van der Waals surface area (Å²) in [4.78, 5) is 16.7. The molecule has 0 saturated carbocycles. The van der Waals surface area contributed by atoms with Crippen LogP contribution in [0.4, 0.5) is 0 Å². The summed E-state index contributed by atoms with van der Waals surface area (Å²) >= 11 is 0. The lowest BCUT2D eigenvalue weighted by Gasteiger charge is -2.19. The van der Waals surface area contributed by atoms with E-state index in [9.17, 15) is 4.79 Å². The van der Waals surface area contributed by atoms with E-state index < -0.39 is 0 Å². The van der Waals surface area contributed by atoms with Gasteiger partial charge in [0.25, 0.3) is 0 Å². The number of carbonyl (C=O) groups is 1. The lowest BCUT2D eigenvalue weighted by atomic mass is 10.4. The maximum absolute atomic E-state index is 11.4. The molecule has 0 saturated heterocycles. The van der Waals surface area contributed by atoms with E-state index in [2.05, 4.69) is 20.1 Å². The number of rotatable bonds is 8. The lowest BCUT2D eigenvalue weighted by molar-refractivity contribution is -0.182. The fourth-order valence-electron chi connectivity index (χ4n) is 0.888. The zero-order valence-electron chi connectivity index (χ0n) is 8.87. The second-order valence-electron chi connectivity index (χ2n) is 2.92. The van der Waals surface area contributed by atoms with Crippen LogP contribution in [0.1, 0.15) is 26.2 Å².